The predicted octanol–water partition coefficient (Wildman–Crippen LogP) is 2.89. The summed E-state index contributed by atoms with van der Waals surface area (Å²) < 4.78 is 0. The second-order valence-corrected chi connectivity index (χ2v) is 6.45. The van der Waals surface area contributed by atoms with Crippen molar-refractivity contribution in [2.75, 3.05) is 19.6 Å². The van der Waals surface area contributed by atoms with E-state index >= 15 is 0 Å². The highest BCUT2D eigenvalue weighted by molar-refractivity contribution is 4.85. The lowest BCUT2D eigenvalue weighted by atomic mass is 9.78. The van der Waals surface area contributed by atoms with Gasteiger partial charge in [-0.05, 0) is 51.1 Å². The van der Waals surface area contributed by atoms with Crippen LogP contribution in [0.15, 0.2) is 0 Å². The molecular weight excluding hydrogens is 208 g/mol. The van der Waals surface area contributed by atoms with E-state index in [0.29, 0.717) is 6.04 Å². The minimum Gasteiger partial charge on any atom is -0.310 e. The van der Waals surface area contributed by atoms with Crippen molar-refractivity contribution in [3.63, 3.8) is 0 Å². The van der Waals surface area contributed by atoms with E-state index in [2.05, 4.69) is 31.0 Å². The lowest BCUT2D eigenvalue weighted by molar-refractivity contribution is 0.183. The molecule has 0 amide bonds. The summed E-state index contributed by atoms with van der Waals surface area (Å²) in [5.41, 5.74) is 0. The fourth-order valence-corrected chi connectivity index (χ4v) is 3.59. The molecule has 1 aliphatic heterocycles. The number of hydrogen-bond acceptors (Lipinski definition) is 2. The van der Waals surface area contributed by atoms with Crippen LogP contribution in [0.2, 0.25) is 0 Å². The van der Waals surface area contributed by atoms with E-state index < -0.39 is 0 Å². The molecule has 1 N–H and O–H groups in total. The van der Waals surface area contributed by atoms with E-state index in [1.165, 1.54) is 51.7 Å². The Morgan fingerprint density at radius 1 is 1.12 bits per heavy atom. The molecule has 0 radical (unpaired) electrons. The molecule has 4 unspecified atom stereocenters. The van der Waals surface area contributed by atoms with Crippen LogP contribution in [0.5, 0.6) is 0 Å². The zero-order valence-electron chi connectivity index (χ0n) is 11.9. The van der Waals surface area contributed by atoms with E-state index in [-0.39, 0.29) is 0 Å². The average Bonchev–Trinajstić information content (AvgIpc) is 2.77. The SMILES string of the molecule is CC(CN1CCCC1)NC1CCCC(C)C1C. The maximum atomic E-state index is 3.88. The van der Waals surface area contributed by atoms with Gasteiger partial charge in [-0.25, -0.2) is 0 Å². The van der Waals surface area contributed by atoms with Crippen molar-refractivity contribution >= 4 is 0 Å². The van der Waals surface area contributed by atoms with E-state index in [9.17, 15) is 0 Å². The zero-order valence-corrected chi connectivity index (χ0v) is 11.9. The summed E-state index contributed by atoms with van der Waals surface area (Å²) in [7, 11) is 0. The largest absolute Gasteiger partial charge is 0.310 e. The van der Waals surface area contributed by atoms with Crippen LogP contribution in [-0.2, 0) is 0 Å². The van der Waals surface area contributed by atoms with Crippen molar-refractivity contribution in [2.45, 2.75) is 65.0 Å². The molecule has 2 fully saturated rings. The number of nitrogens with one attached hydrogen (secondary N) is 1. The molecule has 0 aromatic carbocycles. The molecule has 2 nitrogen and oxygen atoms in total. The fourth-order valence-electron chi connectivity index (χ4n) is 3.59. The Hall–Kier alpha value is -0.0800. The minimum atomic E-state index is 0.658. The molecule has 100 valence electrons. The van der Waals surface area contributed by atoms with Gasteiger partial charge in [0, 0.05) is 18.6 Å². The van der Waals surface area contributed by atoms with Crippen molar-refractivity contribution in [1.29, 1.82) is 0 Å². The summed E-state index contributed by atoms with van der Waals surface area (Å²) in [6, 6.07) is 1.42. The van der Waals surface area contributed by atoms with Crippen molar-refractivity contribution in [3.8, 4) is 0 Å². The van der Waals surface area contributed by atoms with Gasteiger partial charge in [0.15, 0.2) is 0 Å². The first-order chi connectivity index (χ1) is 8.16. The molecule has 2 rings (SSSR count). The van der Waals surface area contributed by atoms with Crippen LogP contribution in [0.1, 0.15) is 52.9 Å². The molecule has 0 aromatic heterocycles. The molecule has 2 heteroatoms. The Kier molecular flexibility index (Phi) is 4.87. The van der Waals surface area contributed by atoms with Crippen molar-refractivity contribution in [2.24, 2.45) is 11.8 Å². The summed E-state index contributed by atoms with van der Waals surface area (Å²) in [5.74, 6) is 1.75. The van der Waals surface area contributed by atoms with Gasteiger partial charge >= 0.3 is 0 Å². The fraction of sp³-hybridized carbons (Fsp3) is 1.00. The summed E-state index contributed by atoms with van der Waals surface area (Å²) in [6.45, 7) is 11.1. The number of nitrogens with zero attached hydrogens (tertiary/aromatic N) is 1. The van der Waals surface area contributed by atoms with Crippen LogP contribution in [0.4, 0.5) is 0 Å². The van der Waals surface area contributed by atoms with Crippen LogP contribution in [0, 0.1) is 11.8 Å². The first kappa shape index (κ1) is 13.4. The highest BCUT2D eigenvalue weighted by Crippen LogP contribution is 2.29. The number of likely N-dealkylation sites (tertiary alicyclic amines) is 1. The third-order valence-electron chi connectivity index (χ3n) is 4.94. The van der Waals surface area contributed by atoms with Crippen molar-refractivity contribution < 1.29 is 0 Å². The predicted molar refractivity (Wildman–Crippen MR) is 74.2 cm³/mol. The van der Waals surface area contributed by atoms with Gasteiger partial charge in [-0.2, -0.15) is 0 Å². The molecule has 2 aliphatic rings. The van der Waals surface area contributed by atoms with Gasteiger partial charge in [0.2, 0.25) is 0 Å². The minimum absolute atomic E-state index is 0.658. The van der Waals surface area contributed by atoms with Gasteiger partial charge in [0.1, 0.15) is 0 Å². The molecule has 4 atom stereocenters. The maximum Gasteiger partial charge on any atom is 0.0169 e. The Morgan fingerprint density at radius 2 is 1.82 bits per heavy atom. The van der Waals surface area contributed by atoms with E-state index in [4.69, 9.17) is 0 Å². The van der Waals surface area contributed by atoms with Crippen LogP contribution in [-0.4, -0.2) is 36.6 Å². The lowest BCUT2D eigenvalue weighted by Gasteiger charge is -2.37. The van der Waals surface area contributed by atoms with Crippen molar-refractivity contribution in [1.82, 2.24) is 10.2 Å². The second-order valence-electron chi connectivity index (χ2n) is 6.45. The average molecular weight is 238 g/mol. The smallest absolute Gasteiger partial charge is 0.0169 e. The third-order valence-corrected chi connectivity index (χ3v) is 4.94. The molecular formula is C15H30N2. The number of rotatable bonds is 4. The van der Waals surface area contributed by atoms with Crippen LogP contribution < -0.4 is 5.32 Å². The molecule has 1 saturated heterocycles. The van der Waals surface area contributed by atoms with Gasteiger partial charge in [-0.1, -0.05) is 26.7 Å². The molecule has 0 aromatic rings. The lowest BCUT2D eigenvalue weighted by Crippen LogP contribution is -2.48. The third kappa shape index (κ3) is 3.69. The highest BCUT2D eigenvalue weighted by Gasteiger charge is 2.28. The van der Waals surface area contributed by atoms with Gasteiger partial charge < -0.3 is 10.2 Å². The molecule has 0 spiro atoms. The summed E-state index contributed by atoms with van der Waals surface area (Å²) in [5, 5.41) is 3.88. The maximum absolute atomic E-state index is 3.88. The van der Waals surface area contributed by atoms with Crippen LogP contribution in [0.3, 0.4) is 0 Å². The Bertz CT molecular complexity index is 223. The Morgan fingerprint density at radius 3 is 2.53 bits per heavy atom. The molecule has 1 saturated carbocycles. The van der Waals surface area contributed by atoms with Gasteiger partial charge in [0.05, 0.1) is 0 Å². The first-order valence-electron chi connectivity index (χ1n) is 7.65. The molecule has 17 heavy (non-hydrogen) atoms. The number of hydrogen-bond donors (Lipinski definition) is 1. The standard InChI is InChI=1S/C15H30N2/c1-12-7-6-8-15(14(12)3)16-13(2)11-17-9-4-5-10-17/h12-16H,4-11H2,1-3H3. The first-order valence-corrected chi connectivity index (χ1v) is 7.65. The second kappa shape index (κ2) is 6.19. The van der Waals surface area contributed by atoms with Gasteiger partial charge in [-0.15, -0.1) is 0 Å². The monoisotopic (exact) mass is 238 g/mol. The zero-order chi connectivity index (χ0) is 12.3. The van der Waals surface area contributed by atoms with E-state index in [0.717, 1.165) is 17.9 Å². The van der Waals surface area contributed by atoms with Crippen LogP contribution >= 0.6 is 0 Å². The van der Waals surface area contributed by atoms with Crippen LogP contribution in [0.25, 0.3) is 0 Å². The molecule has 1 aliphatic carbocycles. The molecule has 1 heterocycles. The molecule has 0 bridgehead atoms. The summed E-state index contributed by atoms with van der Waals surface area (Å²) >= 11 is 0. The normalized spacial score (nSPS) is 37.2. The Labute approximate surface area is 107 Å². The Balaban J connectivity index is 1.74. The van der Waals surface area contributed by atoms with Crippen molar-refractivity contribution in [3.05, 3.63) is 0 Å². The summed E-state index contributed by atoms with van der Waals surface area (Å²) in [4.78, 5) is 2.62. The topological polar surface area (TPSA) is 15.3 Å². The van der Waals surface area contributed by atoms with Gasteiger partial charge in [0.25, 0.3) is 0 Å². The summed E-state index contributed by atoms with van der Waals surface area (Å²) in [6.07, 6.45) is 7.04. The highest BCUT2D eigenvalue weighted by atomic mass is 15.2. The quantitative estimate of drug-likeness (QED) is 0.810. The van der Waals surface area contributed by atoms with E-state index in [1.807, 2.05) is 0 Å². The van der Waals surface area contributed by atoms with E-state index in [1.54, 1.807) is 0 Å². The van der Waals surface area contributed by atoms with Gasteiger partial charge in [-0.3, -0.25) is 0 Å².